The minimum Gasteiger partial charge on any atom is -0.497 e. The monoisotopic (exact) mass is 471 g/mol. The van der Waals surface area contributed by atoms with Gasteiger partial charge in [-0.15, -0.1) is 0 Å². The highest BCUT2D eigenvalue weighted by Gasteiger charge is 2.11. The van der Waals surface area contributed by atoms with E-state index in [1.165, 1.54) is 0 Å². The molecular formula is C29H33N3O3. The van der Waals surface area contributed by atoms with Crippen LogP contribution in [0.15, 0.2) is 78.9 Å². The number of hydrogen-bond donors (Lipinski definition) is 1. The van der Waals surface area contributed by atoms with E-state index < -0.39 is 0 Å². The Morgan fingerprint density at radius 2 is 1.71 bits per heavy atom. The molecule has 0 unspecified atom stereocenters. The van der Waals surface area contributed by atoms with Gasteiger partial charge in [-0.05, 0) is 42.7 Å². The van der Waals surface area contributed by atoms with Crippen molar-refractivity contribution in [2.24, 2.45) is 0 Å². The van der Waals surface area contributed by atoms with Gasteiger partial charge >= 0.3 is 0 Å². The second-order valence-corrected chi connectivity index (χ2v) is 8.52. The van der Waals surface area contributed by atoms with E-state index in [4.69, 9.17) is 14.5 Å². The normalized spacial score (nSPS) is 10.9. The summed E-state index contributed by atoms with van der Waals surface area (Å²) in [5, 5.41) is 3.03. The number of aromatic nitrogens is 2. The lowest BCUT2D eigenvalue weighted by molar-refractivity contribution is -0.120. The molecule has 4 rings (SSSR count). The van der Waals surface area contributed by atoms with Gasteiger partial charge in [0.15, 0.2) is 0 Å². The summed E-state index contributed by atoms with van der Waals surface area (Å²) in [7, 11) is 1.65. The summed E-state index contributed by atoms with van der Waals surface area (Å²) in [6, 6.07) is 25.7. The first-order chi connectivity index (χ1) is 17.2. The maximum absolute atomic E-state index is 12.1. The number of nitrogens with one attached hydrogen (secondary N) is 1. The van der Waals surface area contributed by atoms with Gasteiger partial charge in [0.25, 0.3) is 0 Å². The molecule has 0 saturated carbocycles. The number of benzene rings is 3. The molecule has 0 spiro atoms. The maximum atomic E-state index is 12.1. The lowest BCUT2D eigenvalue weighted by Gasteiger charge is -2.12. The van der Waals surface area contributed by atoms with E-state index in [9.17, 15) is 4.79 Å². The number of carbonyl (C=O) groups is 1. The third-order valence-electron chi connectivity index (χ3n) is 5.97. The molecule has 0 atom stereocenters. The zero-order valence-electron chi connectivity index (χ0n) is 20.3. The van der Waals surface area contributed by atoms with Crippen LogP contribution in [0.1, 0.15) is 30.7 Å². The number of aryl methyl sites for hydroxylation is 1. The Morgan fingerprint density at radius 1 is 0.914 bits per heavy atom. The summed E-state index contributed by atoms with van der Waals surface area (Å²) in [5.74, 6) is 2.74. The van der Waals surface area contributed by atoms with Crippen molar-refractivity contribution in [1.29, 1.82) is 0 Å². The van der Waals surface area contributed by atoms with Crippen molar-refractivity contribution in [3.05, 3.63) is 90.3 Å². The number of hydrogen-bond acceptors (Lipinski definition) is 4. The van der Waals surface area contributed by atoms with Crippen LogP contribution in [0.3, 0.4) is 0 Å². The molecule has 0 aliphatic heterocycles. The number of imidazole rings is 1. The van der Waals surface area contributed by atoms with Gasteiger partial charge < -0.3 is 19.4 Å². The molecule has 1 amide bonds. The van der Waals surface area contributed by atoms with Gasteiger partial charge in [-0.25, -0.2) is 4.98 Å². The van der Waals surface area contributed by atoms with E-state index in [1.54, 1.807) is 7.11 Å². The Balaban J connectivity index is 1.24. The fourth-order valence-corrected chi connectivity index (χ4v) is 4.17. The largest absolute Gasteiger partial charge is 0.497 e. The smallest absolute Gasteiger partial charge is 0.224 e. The van der Waals surface area contributed by atoms with Crippen LogP contribution in [0.2, 0.25) is 0 Å². The van der Waals surface area contributed by atoms with Crippen LogP contribution in [0.25, 0.3) is 11.0 Å². The third-order valence-corrected chi connectivity index (χ3v) is 5.97. The molecule has 0 aliphatic rings. The number of fused-ring (bicyclic) bond motifs is 1. The van der Waals surface area contributed by atoms with E-state index in [2.05, 4.69) is 22.0 Å². The summed E-state index contributed by atoms with van der Waals surface area (Å²) < 4.78 is 13.5. The third kappa shape index (κ3) is 7.09. The Labute approximate surface area is 206 Å². The lowest BCUT2D eigenvalue weighted by atomic mass is 10.1. The van der Waals surface area contributed by atoms with Gasteiger partial charge in [-0.1, -0.05) is 55.0 Å². The quantitative estimate of drug-likeness (QED) is 0.272. The van der Waals surface area contributed by atoms with Crippen LogP contribution < -0.4 is 14.8 Å². The molecule has 3 aromatic carbocycles. The standard InChI is InChI=1S/C29H33N3O3/c1-34-24-13-10-14-25(22-24)35-20-19-32-27-16-8-7-15-26(27)31-28(32)17-6-3-9-18-30-29(33)21-23-11-4-2-5-12-23/h2,4-5,7-8,10-16,22H,3,6,9,17-21H2,1H3,(H,30,33). The molecule has 1 aromatic heterocycles. The van der Waals surface area contributed by atoms with Gasteiger partial charge in [-0.2, -0.15) is 0 Å². The van der Waals surface area contributed by atoms with Crippen molar-refractivity contribution in [3.8, 4) is 11.5 Å². The Bertz CT molecular complexity index is 1220. The molecule has 6 heteroatoms. The molecule has 4 aromatic rings. The van der Waals surface area contributed by atoms with Gasteiger partial charge in [0.1, 0.15) is 23.9 Å². The van der Waals surface area contributed by atoms with Gasteiger partial charge in [0, 0.05) is 19.0 Å². The zero-order chi connectivity index (χ0) is 24.3. The van der Waals surface area contributed by atoms with E-state index in [0.29, 0.717) is 19.6 Å². The molecule has 0 aliphatic carbocycles. The fraction of sp³-hybridized carbons (Fsp3) is 0.310. The molecule has 1 N–H and O–H groups in total. The summed E-state index contributed by atoms with van der Waals surface area (Å²) >= 11 is 0. The number of carbonyl (C=O) groups excluding carboxylic acids is 1. The first-order valence-corrected chi connectivity index (χ1v) is 12.2. The number of para-hydroxylation sites is 2. The predicted octanol–water partition coefficient (Wildman–Crippen LogP) is 5.20. The molecule has 6 nitrogen and oxygen atoms in total. The van der Waals surface area contributed by atoms with Crippen LogP contribution in [0.4, 0.5) is 0 Å². The number of nitrogens with zero attached hydrogens (tertiary/aromatic N) is 2. The highest BCUT2D eigenvalue weighted by atomic mass is 16.5. The number of amides is 1. The average molecular weight is 472 g/mol. The molecule has 0 saturated heterocycles. The van der Waals surface area contributed by atoms with Gasteiger partial charge in [0.05, 0.1) is 31.1 Å². The zero-order valence-corrected chi connectivity index (χ0v) is 20.3. The number of rotatable bonds is 13. The van der Waals surface area contributed by atoms with Crippen molar-refractivity contribution in [2.75, 3.05) is 20.3 Å². The average Bonchev–Trinajstić information content (AvgIpc) is 3.24. The van der Waals surface area contributed by atoms with Crippen molar-refractivity contribution in [1.82, 2.24) is 14.9 Å². The summed E-state index contributed by atoms with van der Waals surface area (Å²) in [4.78, 5) is 17.0. The van der Waals surface area contributed by atoms with E-state index in [1.807, 2.05) is 66.7 Å². The molecule has 1 heterocycles. The minimum atomic E-state index is 0.0778. The highest BCUT2D eigenvalue weighted by Crippen LogP contribution is 2.20. The molecule has 0 bridgehead atoms. The molecule has 0 radical (unpaired) electrons. The van der Waals surface area contributed by atoms with Crippen molar-refractivity contribution < 1.29 is 14.3 Å². The number of ether oxygens (including phenoxy) is 2. The molecular weight excluding hydrogens is 438 g/mol. The fourth-order valence-electron chi connectivity index (χ4n) is 4.17. The van der Waals surface area contributed by atoms with Crippen molar-refractivity contribution in [2.45, 2.75) is 38.6 Å². The summed E-state index contributed by atoms with van der Waals surface area (Å²) in [6.07, 6.45) is 4.35. The van der Waals surface area contributed by atoms with Gasteiger partial charge in [0.2, 0.25) is 5.91 Å². The van der Waals surface area contributed by atoms with Crippen molar-refractivity contribution in [3.63, 3.8) is 0 Å². The molecule has 35 heavy (non-hydrogen) atoms. The van der Waals surface area contributed by atoms with E-state index in [0.717, 1.165) is 66.1 Å². The van der Waals surface area contributed by atoms with Crippen LogP contribution in [-0.2, 0) is 24.2 Å². The molecule has 0 fully saturated rings. The second kappa shape index (κ2) is 12.6. The topological polar surface area (TPSA) is 65.4 Å². The Morgan fingerprint density at radius 3 is 2.57 bits per heavy atom. The van der Waals surface area contributed by atoms with Crippen molar-refractivity contribution >= 4 is 16.9 Å². The SMILES string of the molecule is COc1cccc(OCCn2c(CCCCCNC(=O)Cc3ccccc3)nc3ccccc32)c1. The molecule has 182 valence electrons. The first kappa shape index (κ1) is 24.3. The first-order valence-electron chi connectivity index (χ1n) is 12.2. The van der Waals surface area contributed by atoms with Crippen LogP contribution in [0, 0.1) is 0 Å². The second-order valence-electron chi connectivity index (χ2n) is 8.52. The Kier molecular flexibility index (Phi) is 8.76. The number of methoxy groups -OCH3 is 1. The summed E-state index contributed by atoms with van der Waals surface area (Å²) in [5.41, 5.74) is 3.18. The minimum absolute atomic E-state index is 0.0778. The lowest BCUT2D eigenvalue weighted by Crippen LogP contribution is -2.26. The highest BCUT2D eigenvalue weighted by molar-refractivity contribution is 5.78. The number of unbranched alkanes of at least 4 members (excludes halogenated alkanes) is 2. The van der Waals surface area contributed by atoms with E-state index in [-0.39, 0.29) is 5.91 Å². The van der Waals surface area contributed by atoms with E-state index >= 15 is 0 Å². The van der Waals surface area contributed by atoms with Crippen LogP contribution >= 0.6 is 0 Å². The van der Waals surface area contributed by atoms with Crippen LogP contribution in [-0.4, -0.2) is 35.7 Å². The predicted molar refractivity (Wildman–Crippen MR) is 139 cm³/mol. The summed E-state index contributed by atoms with van der Waals surface area (Å²) in [6.45, 7) is 1.98. The van der Waals surface area contributed by atoms with Crippen LogP contribution in [0.5, 0.6) is 11.5 Å². The van der Waals surface area contributed by atoms with Gasteiger partial charge in [-0.3, -0.25) is 4.79 Å². The maximum Gasteiger partial charge on any atom is 0.224 e. The Hall–Kier alpha value is -3.80.